The molecule has 0 aliphatic rings. The second-order valence-corrected chi connectivity index (χ2v) is 5.09. The van der Waals surface area contributed by atoms with Crippen LogP contribution in [0.25, 0.3) is 6.08 Å². The van der Waals surface area contributed by atoms with Gasteiger partial charge in [-0.1, -0.05) is 48.5 Å². The summed E-state index contributed by atoms with van der Waals surface area (Å²) in [6, 6.07) is 17.3. The quantitative estimate of drug-likeness (QED) is 0.607. The number of carbonyl (C=O) groups excluding carboxylic acids is 1. The van der Waals surface area contributed by atoms with E-state index in [0.717, 1.165) is 11.3 Å². The number of benzene rings is 2. The van der Waals surface area contributed by atoms with Crippen molar-refractivity contribution in [2.75, 3.05) is 19.0 Å². The van der Waals surface area contributed by atoms with Crippen LogP contribution < -0.4 is 15.5 Å². The zero-order valence-corrected chi connectivity index (χ0v) is 13.8. The normalized spacial score (nSPS) is 11.3. The molecule has 0 atom stereocenters. The largest absolute Gasteiger partial charge is 0.495 e. The third-order valence-corrected chi connectivity index (χ3v) is 3.22. The molecule has 0 spiro atoms. The summed E-state index contributed by atoms with van der Waals surface area (Å²) in [5.41, 5.74) is 5.08. The molecule has 1 amide bonds. The summed E-state index contributed by atoms with van der Waals surface area (Å²) in [7, 11) is 1.59. The number of nitrogens with one attached hydrogen (secondary N) is 2. The molecule has 2 aromatic carbocycles. The summed E-state index contributed by atoms with van der Waals surface area (Å²) >= 11 is 0. The number of hydrazone groups is 1. The number of allylic oxidation sites excluding steroid dienone is 1. The molecule has 5 nitrogen and oxygen atoms in total. The Morgan fingerprint density at radius 1 is 1.12 bits per heavy atom. The molecule has 0 aromatic heterocycles. The van der Waals surface area contributed by atoms with Crippen LogP contribution in [0.15, 0.2) is 65.8 Å². The van der Waals surface area contributed by atoms with Gasteiger partial charge in [-0.15, -0.1) is 0 Å². The Morgan fingerprint density at radius 2 is 1.83 bits per heavy atom. The first kappa shape index (κ1) is 17.3. The fraction of sp³-hybridized carbons (Fsp3) is 0.158. The fourth-order valence-corrected chi connectivity index (χ4v) is 1.97. The number of amides is 1. The van der Waals surface area contributed by atoms with Crippen molar-refractivity contribution in [3.05, 3.63) is 66.2 Å². The van der Waals surface area contributed by atoms with E-state index in [2.05, 4.69) is 15.8 Å². The van der Waals surface area contributed by atoms with Crippen molar-refractivity contribution in [1.82, 2.24) is 5.43 Å². The minimum atomic E-state index is -0.228. The molecule has 2 N–H and O–H groups in total. The van der Waals surface area contributed by atoms with Crippen LogP contribution in [0.4, 0.5) is 5.69 Å². The highest BCUT2D eigenvalue weighted by Gasteiger charge is 2.03. The standard InChI is InChI=1S/C19H21N3O2/c1-15(12-13-16-8-4-3-5-9-16)21-22-19(23)14-20-17-10-6-7-11-18(17)24-2/h3-13,20H,14H2,1-2H3,(H,22,23)/b13-12+,21-15?. The topological polar surface area (TPSA) is 62.7 Å². The molecule has 2 aromatic rings. The third-order valence-electron chi connectivity index (χ3n) is 3.22. The molecule has 5 heteroatoms. The van der Waals surface area contributed by atoms with Gasteiger partial charge in [-0.3, -0.25) is 4.79 Å². The Morgan fingerprint density at radius 3 is 2.58 bits per heavy atom. The van der Waals surface area contributed by atoms with E-state index in [1.54, 1.807) is 7.11 Å². The lowest BCUT2D eigenvalue weighted by Crippen LogP contribution is -2.26. The van der Waals surface area contributed by atoms with E-state index in [9.17, 15) is 4.79 Å². The second kappa shape index (κ2) is 9.15. The SMILES string of the molecule is COc1ccccc1NCC(=O)NN=C(C)/C=C/c1ccccc1. The van der Waals surface area contributed by atoms with Gasteiger partial charge in [-0.2, -0.15) is 5.10 Å². The summed E-state index contributed by atoms with van der Waals surface area (Å²) in [6.45, 7) is 1.94. The van der Waals surface area contributed by atoms with Crippen molar-refractivity contribution < 1.29 is 9.53 Å². The first-order valence-electron chi connectivity index (χ1n) is 7.62. The van der Waals surface area contributed by atoms with Crippen molar-refractivity contribution in [3.8, 4) is 5.75 Å². The number of hydrogen-bond donors (Lipinski definition) is 2. The summed E-state index contributed by atoms with van der Waals surface area (Å²) in [4.78, 5) is 11.8. The Labute approximate surface area is 142 Å². The van der Waals surface area contributed by atoms with Crippen molar-refractivity contribution in [3.63, 3.8) is 0 Å². The number of carbonyl (C=O) groups is 1. The maximum absolute atomic E-state index is 11.8. The highest BCUT2D eigenvalue weighted by Crippen LogP contribution is 2.22. The van der Waals surface area contributed by atoms with E-state index in [-0.39, 0.29) is 12.5 Å². The maximum atomic E-state index is 11.8. The van der Waals surface area contributed by atoms with Crippen molar-refractivity contribution in [2.24, 2.45) is 5.10 Å². The second-order valence-electron chi connectivity index (χ2n) is 5.09. The summed E-state index contributed by atoms with van der Waals surface area (Å²) < 4.78 is 5.22. The van der Waals surface area contributed by atoms with Gasteiger partial charge < -0.3 is 10.1 Å². The molecule has 124 valence electrons. The monoisotopic (exact) mass is 323 g/mol. The van der Waals surface area contributed by atoms with E-state index in [0.29, 0.717) is 11.5 Å². The minimum Gasteiger partial charge on any atom is -0.495 e. The van der Waals surface area contributed by atoms with Crippen LogP contribution in [-0.4, -0.2) is 25.3 Å². The van der Waals surface area contributed by atoms with Crippen LogP contribution in [0, 0.1) is 0 Å². The first-order chi connectivity index (χ1) is 11.7. The van der Waals surface area contributed by atoms with Gasteiger partial charge in [0.1, 0.15) is 5.75 Å². The summed E-state index contributed by atoms with van der Waals surface area (Å²) in [5.74, 6) is 0.462. The maximum Gasteiger partial charge on any atom is 0.259 e. The van der Waals surface area contributed by atoms with Gasteiger partial charge in [-0.05, 0) is 30.7 Å². The molecule has 0 unspecified atom stereocenters. The number of para-hydroxylation sites is 2. The molecule has 0 heterocycles. The molecule has 0 saturated heterocycles. The van der Waals surface area contributed by atoms with Crippen molar-refractivity contribution >= 4 is 23.4 Å². The molecule has 0 fully saturated rings. The molecular formula is C19H21N3O2. The molecular weight excluding hydrogens is 302 g/mol. The van der Waals surface area contributed by atoms with Crippen LogP contribution >= 0.6 is 0 Å². The first-order valence-corrected chi connectivity index (χ1v) is 7.62. The number of nitrogens with zero attached hydrogens (tertiary/aromatic N) is 1. The highest BCUT2D eigenvalue weighted by atomic mass is 16.5. The molecule has 2 rings (SSSR count). The predicted octanol–water partition coefficient (Wildman–Crippen LogP) is 3.31. The third kappa shape index (κ3) is 5.61. The summed E-state index contributed by atoms with van der Waals surface area (Å²) in [6.07, 6.45) is 3.79. The minimum absolute atomic E-state index is 0.111. The van der Waals surface area contributed by atoms with Gasteiger partial charge in [0.25, 0.3) is 5.91 Å². The fourth-order valence-electron chi connectivity index (χ4n) is 1.97. The lowest BCUT2D eigenvalue weighted by Gasteiger charge is -2.09. The Hall–Kier alpha value is -3.08. The van der Waals surface area contributed by atoms with Crippen LogP contribution in [-0.2, 0) is 4.79 Å². The average molecular weight is 323 g/mol. The predicted molar refractivity (Wildman–Crippen MR) is 98.2 cm³/mol. The van der Waals surface area contributed by atoms with Gasteiger partial charge in [0, 0.05) is 0 Å². The Bertz CT molecular complexity index is 724. The van der Waals surface area contributed by atoms with Gasteiger partial charge in [-0.25, -0.2) is 5.43 Å². The lowest BCUT2D eigenvalue weighted by molar-refractivity contribution is -0.119. The van der Waals surface area contributed by atoms with E-state index < -0.39 is 0 Å². The van der Waals surface area contributed by atoms with Gasteiger partial charge in [0.2, 0.25) is 0 Å². The molecule has 0 aliphatic heterocycles. The number of anilines is 1. The van der Waals surface area contributed by atoms with Gasteiger partial charge in [0.05, 0.1) is 25.1 Å². The van der Waals surface area contributed by atoms with Crippen LogP contribution in [0.2, 0.25) is 0 Å². The number of hydrogen-bond acceptors (Lipinski definition) is 4. The molecule has 0 bridgehead atoms. The smallest absolute Gasteiger partial charge is 0.259 e. The molecule has 0 aliphatic carbocycles. The van der Waals surface area contributed by atoms with E-state index >= 15 is 0 Å². The van der Waals surface area contributed by atoms with E-state index in [1.807, 2.05) is 73.7 Å². The average Bonchev–Trinajstić information content (AvgIpc) is 2.64. The van der Waals surface area contributed by atoms with Crippen LogP contribution in [0.3, 0.4) is 0 Å². The zero-order valence-electron chi connectivity index (χ0n) is 13.8. The highest BCUT2D eigenvalue weighted by molar-refractivity contribution is 5.97. The molecule has 0 radical (unpaired) electrons. The number of ether oxygens (including phenoxy) is 1. The van der Waals surface area contributed by atoms with Crippen molar-refractivity contribution in [1.29, 1.82) is 0 Å². The van der Waals surface area contributed by atoms with Crippen LogP contribution in [0.5, 0.6) is 5.75 Å². The molecule has 24 heavy (non-hydrogen) atoms. The van der Waals surface area contributed by atoms with E-state index in [4.69, 9.17) is 4.74 Å². The lowest BCUT2D eigenvalue weighted by atomic mass is 10.2. The molecule has 0 saturated carbocycles. The van der Waals surface area contributed by atoms with Crippen LogP contribution in [0.1, 0.15) is 12.5 Å². The van der Waals surface area contributed by atoms with Gasteiger partial charge in [0.15, 0.2) is 0 Å². The zero-order chi connectivity index (χ0) is 17.2. The Balaban J connectivity index is 1.82. The van der Waals surface area contributed by atoms with Crippen molar-refractivity contribution in [2.45, 2.75) is 6.92 Å². The van der Waals surface area contributed by atoms with Gasteiger partial charge >= 0.3 is 0 Å². The summed E-state index contributed by atoms with van der Waals surface area (Å²) in [5, 5.41) is 7.07. The van der Waals surface area contributed by atoms with E-state index in [1.165, 1.54) is 0 Å². The number of rotatable bonds is 7. The Kier molecular flexibility index (Phi) is 6.58. The number of methoxy groups -OCH3 is 1.